The van der Waals surface area contributed by atoms with Crippen LogP contribution >= 0.6 is 35.6 Å². The minimum absolute atomic E-state index is 0.255. The second-order valence-corrected chi connectivity index (χ2v) is 6.97. The van der Waals surface area contributed by atoms with Crippen molar-refractivity contribution in [3.8, 4) is 0 Å². The number of halogens is 1. The Labute approximate surface area is 158 Å². The molecule has 0 unspecified atom stereocenters. The van der Waals surface area contributed by atoms with Crippen molar-refractivity contribution in [1.82, 2.24) is 10.4 Å². The Morgan fingerprint density at radius 3 is 2.72 bits per heavy atom. The molecule has 0 saturated carbocycles. The topological polar surface area (TPSA) is 62.6 Å². The van der Waals surface area contributed by atoms with Gasteiger partial charge < -0.3 is 4.42 Å². The number of thioether (sulfide) groups is 1. The summed E-state index contributed by atoms with van der Waals surface area (Å²) in [5.74, 6) is -0.162. The van der Waals surface area contributed by atoms with Crippen LogP contribution in [0.1, 0.15) is 16.1 Å². The van der Waals surface area contributed by atoms with Crippen LogP contribution in [-0.2, 0) is 4.79 Å². The van der Waals surface area contributed by atoms with Gasteiger partial charge in [0.1, 0.15) is 5.76 Å². The highest BCUT2D eigenvalue weighted by molar-refractivity contribution is 8.26. The quantitative estimate of drug-likeness (QED) is 0.630. The molecule has 8 heteroatoms. The molecule has 0 atom stereocenters. The number of hydrogen-bond donors (Lipinski definition) is 1. The standard InChI is InChI=1S/C17H11ClN2O3S2/c18-12-8-6-11(7-9-12)15(21)19-20-16(22)14(25-17(20)24)5-1-3-13-4-2-10-23-13/h1-10H,(H,19,21)/b3-1+,14-5+. The fourth-order valence-corrected chi connectivity index (χ4v) is 3.22. The van der Waals surface area contributed by atoms with E-state index in [1.54, 1.807) is 60.9 Å². The van der Waals surface area contributed by atoms with Gasteiger partial charge in [-0.3, -0.25) is 15.0 Å². The molecule has 2 heterocycles. The van der Waals surface area contributed by atoms with E-state index in [4.69, 9.17) is 28.2 Å². The van der Waals surface area contributed by atoms with Crippen molar-refractivity contribution >= 4 is 57.8 Å². The molecule has 25 heavy (non-hydrogen) atoms. The summed E-state index contributed by atoms with van der Waals surface area (Å²) in [5.41, 5.74) is 2.88. The Hall–Kier alpha value is -2.35. The maximum atomic E-state index is 12.4. The molecular formula is C17H11ClN2O3S2. The molecule has 1 aliphatic heterocycles. The second-order valence-electron chi connectivity index (χ2n) is 4.86. The Morgan fingerprint density at radius 2 is 2.04 bits per heavy atom. The summed E-state index contributed by atoms with van der Waals surface area (Å²) >= 11 is 12.1. The highest BCUT2D eigenvalue weighted by Crippen LogP contribution is 2.29. The first-order chi connectivity index (χ1) is 12.0. The van der Waals surface area contributed by atoms with Gasteiger partial charge in [-0.2, -0.15) is 5.01 Å². The van der Waals surface area contributed by atoms with E-state index >= 15 is 0 Å². The van der Waals surface area contributed by atoms with Crippen molar-refractivity contribution in [1.29, 1.82) is 0 Å². The summed E-state index contributed by atoms with van der Waals surface area (Å²) in [5, 5.41) is 1.58. The summed E-state index contributed by atoms with van der Waals surface area (Å²) in [6.07, 6.45) is 6.59. The molecule has 1 saturated heterocycles. The first kappa shape index (κ1) is 17.5. The van der Waals surface area contributed by atoms with Gasteiger partial charge in [0, 0.05) is 10.6 Å². The number of allylic oxidation sites excluding steroid dienone is 2. The van der Waals surface area contributed by atoms with Crippen LogP contribution < -0.4 is 5.43 Å². The van der Waals surface area contributed by atoms with Crippen molar-refractivity contribution in [2.45, 2.75) is 0 Å². The predicted molar refractivity (Wildman–Crippen MR) is 102 cm³/mol. The first-order valence-corrected chi connectivity index (χ1v) is 8.69. The average molecular weight is 391 g/mol. The van der Waals surface area contributed by atoms with Crippen molar-refractivity contribution in [3.63, 3.8) is 0 Å². The molecule has 3 rings (SSSR count). The van der Waals surface area contributed by atoms with E-state index in [1.165, 1.54) is 0 Å². The maximum absolute atomic E-state index is 12.4. The van der Waals surface area contributed by atoms with E-state index in [0.717, 1.165) is 16.8 Å². The van der Waals surface area contributed by atoms with Gasteiger partial charge in [0.2, 0.25) is 0 Å². The fraction of sp³-hybridized carbons (Fsp3) is 0. The maximum Gasteiger partial charge on any atom is 0.285 e. The van der Waals surface area contributed by atoms with Crippen molar-refractivity contribution < 1.29 is 14.0 Å². The lowest BCUT2D eigenvalue weighted by atomic mass is 10.2. The molecule has 1 fully saturated rings. The third-order valence-electron chi connectivity index (χ3n) is 3.16. The van der Waals surface area contributed by atoms with Crippen LogP contribution in [0.3, 0.4) is 0 Å². The van der Waals surface area contributed by atoms with Crippen LogP contribution in [0, 0.1) is 0 Å². The van der Waals surface area contributed by atoms with Crippen molar-refractivity contribution in [3.05, 3.63) is 76.1 Å². The number of rotatable bonds is 4. The molecule has 1 aromatic heterocycles. The highest BCUT2D eigenvalue weighted by atomic mass is 35.5. The number of furan rings is 1. The van der Waals surface area contributed by atoms with Crippen LogP contribution in [0.5, 0.6) is 0 Å². The third-order valence-corrected chi connectivity index (χ3v) is 4.74. The summed E-state index contributed by atoms with van der Waals surface area (Å²) < 4.78 is 5.42. The molecular weight excluding hydrogens is 380 g/mol. The van der Waals surface area contributed by atoms with Crippen LogP contribution in [-0.4, -0.2) is 21.1 Å². The van der Waals surface area contributed by atoms with E-state index in [2.05, 4.69) is 5.43 Å². The lowest BCUT2D eigenvalue weighted by Gasteiger charge is -2.15. The number of benzene rings is 1. The van der Waals surface area contributed by atoms with E-state index in [0.29, 0.717) is 21.3 Å². The number of thiocarbonyl (C=S) groups is 1. The van der Waals surface area contributed by atoms with Gasteiger partial charge in [-0.1, -0.05) is 29.4 Å². The molecule has 0 spiro atoms. The summed E-state index contributed by atoms with van der Waals surface area (Å²) in [6, 6.07) is 9.89. The Kier molecular flexibility index (Phi) is 5.37. The molecule has 2 amide bonds. The molecule has 1 N–H and O–H groups in total. The molecule has 5 nitrogen and oxygen atoms in total. The summed E-state index contributed by atoms with van der Waals surface area (Å²) in [7, 11) is 0. The largest absolute Gasteiger partial charge is 0.465 e. The zero-order valence-corrected chi connectivity index (χ0v) is 15.0. The van der Waals surface area contributed by atoms with Gasteiger partial charge in [0.15, 0.2) is 4.32 Å². The second kappa shape index (κ2) is 7.69. The van der Waals surface area contributed by atoms with E-state index in [-0.39, 0.29) is 10.2 Å². The zero-order valence-electron chi connectivity index (χ0n) is 12.6. The number of hydrogen-bond acceptors (Lipinski definition) is 5. The minimum atomic E-state index is -0.444. The number of carbonyl (C=O) groups excluding carboxylic acids is 2. The average Bonchev–Trinajstić information content (AvgIpc) is 3.20. The van der Waals surface area contributed by atoms with Gasteiger partial charge in [0.25, 0.3) is 11.8 Å². The van der Waals surface area contributed by atoms with Crippen LogP contribution in [0.4, 0.5) is 0 Å². The van der Waals surface area contributed by atoms with E-state index < -0.39 is 5.91 Å². The highest BCUT2D eigenvalue weighted by Gasteiger charge is 2.33. The van der Waals surface area contributed by atoms with E-state index in [1.807, 2.05) is 0 Å². The Morgan fingerprint density at radius 1 is 1.28 bits per heavy atom. The molecule has 2 aromatic rings. The third kappa shape index (κ3) is 4.19. The Balaban J connectivity index is 1.68. The van der Waals surface area contributed by atoms with Gasteiger partial charge >= 0.3 is 0 Å². The van der Waals surface area contributed by atoms with Gasteiger partial charge in [-0.25, -0.2) is 0 Å². The SMILES string of the molecule is O=C(NN1C(=O)/C(=C\C=C\c2ccco2)SC1=S)c1ccc(Cl)cc1. The van der Waals surface area contributed by atoms with Gasteiger partial charge in [-0.15, -0.1) is 0 Å². The molecule has 0 bridgehead atoms. The lowest BCUT2D eigenvalue weighted by Crippen LogP contribution is -2.44. The normalized spacial score (nSPS) is 16.2. The van der Waals surface area contributed by atoms with Crippen LogP contribution in [0.2, 0.25) is 5.02 Å². The van der Waals surface area contributed by atoms with E-state index in [9.17, 15) is 9.59 Å². The lowest BCUT2D eigenvalue weighted by molar-refractivity contribution is -0.123. The minimum Gasteiger partial charge on any atom is -0.465 e. The number of hydrazine groups is 1. The molecule has 0 aliphatic carbocycles. The predicted octanol–water partition coefficient (Wildman–Crippen LogP) is 4.04. The number of nitrogens with one attached hydrogen (secondary N) is 1. The van der Waals surface area contributed by atoms with Crippen molar-refractivity contribution in [2.75, 3.05) is 0 Å². The molecule has 1 aromatic carbocycles. The van der Waals surface area contributed by atoms with Crippen LogP contribution in [0.15, 0.2) is 64.1 Å². The number of amides is 2. The van der Waals surface area contributed by atoms with Crippen molar-refractivity contribution in [2.24, 2.45) is 0 Å². The molecule has 0 radical (unpaired) electrons. The number of nitrogens with zero attached hydrogens (tertiary/aromatic N) is 1. The van der Waals surface area contributed by atoms with Crippen LogP contribution in [0.25, 0.3) is 6.08 Å². The van der Waals surface area contributed by atoms with Gasteiger partial charge in [0.05, 0.1) is 11.2 Å². The monoisotopic (exact) mass is 390 g/mol. The summed E-state index contributed by atoms with van der Waals surface area (Å²) in [4.78, 5) is 25.0. The molecule has 126 valence electrons. The zero-order chi connectivity index (χ0) is 17.8. The Bertz CT molecular complexity index is 874. The number of carbonyl (C=O) groups is 2. The fourth-order valence-electron chi connectivity index (χ4n) is 1.96. The first-order valence-electron chi connectivity index (χ1n) is 7.09. The van der Waals surface area contributed by atoms with Gasteiger partial charge in [-0.05, 0) is 60.8 Å². The summed E-state index contributed by atoms with van der Waals surface area (Å²) in [6.45, 7) is 0. The molecule has 1 aliphatic rings. The smallest absolute Gasteiger partial charge is 0.285 e.